The number of halogens is 3. The number of hydrogen-bond donors (Lipinski definition) is 3. The van der Waals surface area contributed by atoms with Crippen LogP contribution in [0.5, 0.6) is 0 Å². The predicted octanol–water partition coefficient (Wildman–Crippen LogP) is 3.98. The zero-order chi connectivity index (χ0) is 17.4. The van der Waals surface area contributed by atoms with Gasteiger partial charge in [-0.2, -0.15) is 5.17 Å². The van der Waals surface area contributed by atoms with Crippen molar-refractivity contribution < 1.29 is 14.0 Å². The van der Waals surface area contributed by atoms with Gasteiger partial charge >= 0.3 is 0 Å². The summed E-state index contributed by atoms with van der Waals surface area (Å²) in [4.78, 5) is 0. The fraction of sp³-hybridized carbons (Fsp3) is 0.125. The molecule has 2 aromatic carbocycles. The van der Waals surface area contributed by atoms with Gasteiger partial charge in [-0.15, -0.1) is 5.12 Å². The molecule has 0 amide bonds. The van der Waals surface area contributed by atoms with Crippen LogP contribution in [0.1, 0.15) is 11.1 Å². The van der Waals surface area contributed by atoms with E-state index in [-0.39, 0.29) is 5.69 Å². The zero-order valence-corrected chi connectivity index (χ0v) is 15.1. The van der Waals surface area contributed by atoms with Crippen LogP contribution in [-0.2, 0) is 0 Å². The molecule has 1 heterocycles. The van der Waals surface area contributed by atoms with E-state index in [0.717, 1.165) is 20.4 Å². The summed E-state index contributed by atoms with van der Waals surface area (Å²) in [6.45, 7) is 1.88. The maximum atomic E-state index is 14.4. The van der Waals surface area contributed by atoms with Crippen LogP contribution in [0.25, 0.3) is 5.70 Å². The Bertz CT molecular complexity index is 828. The molecule has 24 heavy (non-hydrogen) atoms. The van der Waals surface area contributed by atoms with Gasteiger partial charge in [-0.05, 0) is 65.4 Å². The summed E-state index contributed by atoms with van der Waals surface area (Å²) in [5.74, 6) is -1.97. The lowest BCUT2D eigenvalue weighted by Gasteiger charge is -2.23. The van der Waals surface area contributed by atoms with Crippen molar-refractivity contribution in [2.24, 2.45) is 0 Å². The summed E-state index contributed by atoms with van der Waals surface area (Å²) >= 11 is 2.18. The average molecular weight is 444 g/mol. The minimum Gasteiger partial charge on any atom is -0.352 e. The lowest BCUT2D eigenvalue weighted by Crippen LogP contribution is -2.36. The van der Waals surface area contributed by atoms with Crippen molar-refractivity contribution in [3.05, 3.63) is 62.9 Å². The molecule has 0 fully saturated rings. The molecule has 0 radical (unpaired) electrons. The van der Waals surface area contributed by atoms with Crippen molar-refractivity contribution in [2.75, 3.05) is 12.4 Å². The highest BCUT2D eigenvalue weighted by atomic mass is 127. The van der Waals surface area contributed by atoms with Crippen molar-refractivity contribution in [3.63, 3.8) is 0 Å². The molecule has 3 rings (SSSR count). The highest BCUT2D eigenvalue weighted by Gasteiger charge is 2.25. The minimum atomic E-state index is -1.01. The Morgan fingerprint density at radius 1 is 1.21 bits per heavy atom. The van der Waals surface area contributed by atoms with E-state index in [1.54, 1.807) is 13.1 Å². The Balaban J connectivity index is 2.08. The van der Waals surface area contributed by atoms with Gasteiger partial charge in [0.25, 0.3) is 0 Å². The van der Waals surface area contributed by atoms with E-state index in [1.807, 2.05) is 19.1 Å². The second kappa shape index (κ2) is 6.54. The van der Waals surface area contributed by atoms with Crippen LogP contribution in [0.4, 0.5) is 20.2 Å². The molecule has 0 aliphatic carbocycles. The smallest absolute Gasteiger partial charge is 0.182 e. The first-order chi connectivity index (χ1) is 11.4. The summed E-state index contributed by atoms with van der Waals surface area (Å²) in [6.07, 6.45) is 1.50. The van der Waals surface area contributed by atoms with Crippen molar-refractivity contribution >= 4 is 39.7 Å². The maximum Gasteiger partial charge on any atom is 0.182 e. The summed E-state index contributed by atoms with van der Waals surface area (Å²) in [5, 5.41) is 15.1. The topological polar surface area (TPSA) is 50.8 Å². The van der Waals surface area contributed by atoms with Gasteiger partial charge in [0.2, 0.25) is 0 Å². The van der Waals surface area contributed by atoms with Gasteiger partial charge in [-0.3, -0.25) is 5.21 Å². The highest BCUT2D eigenvalue weighted by Crippen LogP contribution is 2.34. The van der Waals surface area contributed by atoms with Gasteiger partial charge in [0, 0.05) is 28.1 Å². The third-order valence-electron chi connectivity index (χ3n) is 3.71. The molecule has 2 aromatic rings. The van der Waals surface area contributed by atoms with Gasteiger partial charge in [0.05, 0.1) is 5.69 Å². The number of nitrogens with one attached hydrogen (secondary N) is 2. The molecular formula is C16H15F2IN4O. The van der Waals surface area contributed by atoms with Crippen LogP contribution >= 0.6 is 22.6 Å². The van der Waals surface area contributed by atoms with E-state index in [2.05, 4.69) is 33.3 Å². The molecule has 1 aliphatic heterocycles. The maximum absolute atomic E-state index is 14.4. The fourth-order valence-electron chi connectivity index (χ4n) is 2.40. The summed E-state index contributed by atoms with van der Waals surface area (Å²) in [7, 11) is 1.58. The van der Waals surface area contributed by atoms with Crippen LogP contribution in [0, 0.1) is 22.1 Å². The summed E-state index contributed by atoms with van der Waals surface area (Å²) < 4.78 is 29.2. The number of nitrogens with zero attached hydrogens (tertiary/aromatic N) is 2. The molecule has 0 aromatic heterocycles. The molecule has 126 valence electrons. The third kappa shape index (κ3) is 3.04. The monoisotopic (exact) mass is 444 g/mol. The molecule has 5 nitrogen and oxygen atoms in total. The number of benzene rings is 2. The first-order valence-electron chi connectivity index (χ1n) is 7.09. The first kappa shape index (κ1) is 16.9. The van der Waals surface area contributed by atoms with Gasteiger partial charge in [0.15, 0.2) is 11.6 Å². The molecule has 0 saturated heterocycles. The Labute approximate surface area is 151 Å². The zero-order valence-electron chi connectivity index (χ0n) is 12.9. The lowest BCUT2D eigenvalue weighted by atomic mass is 10.1. The normalized spacial score (nSPS) is 14.6. The van der Waals surface area contributed by atoms with Gasteiger partial charge < -0.3 is 10.7 Å². The molecule has 3 N–H and O–H groups in total. The van der Waals surface area contributed by atoms with Crippen molar-refractivity contribution in [1.82, 2.24) is 15.7 Å². The van der Waals surface area contributed by atoms with E-state index >= 15 is 0 Å². The second-order valence-electron chi connectivity index (χ2n) is 5.34. The van der Waals surface area contributed by atoms with Crippen LogP contribution in [0.15, 0.2) is 36.5 Å². The van der Waals surface area contributed by atoms with Crippen LogP contribution in [0.2, 0.25) is 0 Å². The Kier molecular flexibility index (Phi) is 4.61. The molecule has 1 aliphatic rings. The largest absolute Gasteiger partial charge is 0.352 e. The predicted molar refractivity (Wildman–Crippen MR) is 96.0 cm³/mol. The van der Waals surface area contributed by atoms with Gasteiger partial charge in [0.1, 0.15) is 5.70 Å². The van der Waals surface area contributed by atoms with Gasteiger partial charge in [-0.1, -0.05) is 0 Å². The number of hydroxylamine groups is 1. The summed E-state index contributed by atoms with van der Waals surface area (Å²) in [5.41, 5.74) is 4.90. The molecule has 0 saturated carbocycles. The van der Waals surface area contributed by atoms with Crippen molar-refractivity contribution in [3.8, 4) is 0 Å². The van der Waals surface area contributed by atoms with E-state index in [0.29, 0.717) is 16.9 Å². The number of aryl methyl sites for hydroxylation is 1. The Morgan fingerprint density at radius 3 is 2.58 bits per heavy atom. The molecular weight excluding hydrogens is 429 g/mol. The van der Waals surface area contributed by atoms with E-state index in [4.69, 9.17) is 0 Å². The highest BCUT2D eigenvalue weighted by molar-refractivity contribution is 14.1. The van der Waals surface area contributed by atoms with Gasteiger partial charge in [-0.25, -0.2) is 8.78 Å². The second-order valence-corrected chi connectivity index (χ2v) is 6.59. The number of hydrogen-bond acceptors (Lipinski definition) is 5. The molecule has 0 spiro atoms. The van der Waals surface area contributed by atoms with Crippen LogP contribution in [-0.4, -0.2) is 22.5 Å². The summed E-state index contributed by atoms with van der Waals surface area (Å²) in [6, 6.07) is 8.05. The first-order valence-corrected chi connectivity index (χ1v) is 8.17. The van der Waals surface area contributed by atoms with E-state index < -0.39 is 11.6 Å². The standard InChI is InChI=1S/C16H15F2IN4O/c1-9-7-10(19)3-6-13(9)21-16-11(4-5-12(17)15(16)18)14-8-20-22(2)23(14)24/h3-8,20-21,24H,1-2H3. The number of hydrazine groups is 2. The SMILES string of the molecule is Cc1cc(I)ccc1Nc1c(C2=CNN(C)N2O)ccc(F)c1F. The number of rotatable bonds is 3. The third-order valence-corrected chi connectivity index (χ3v) is 4.38. The Morgan fingerprint density at radius 2 is 1.96 bits per heavy atom. The molecule has 8 heteroatoms. The average Bonchev–Trinajstić information content (AvgIpc) is 2.86. The fourth-order valence-corrected chi connectivity index (χ4v) is 3.05. The van der Waals surface area contributed by atoms with Crippen LogP contribution < -0.4 is 10.7 Å². The molecule has 0 bridgehead atoms. The molecule has 0 atom stereocenters. The molecule has 0 unspecified atom stereocenters. The van der Waals surface area contributed by atoms with E-state index in [9.17, 15) is 14.0 Å². The Hall–Kier alpha value is -1.91. The lowest BCUT2D eigenvalue weighted by molar-refractivity contribution is -0.187. The van der Waals surface area contributed by atoms with Crippen LogP contribution in [0.3, 0.4) is 0 Å². The van der Waals surface area contributed by atoms with Crippen molar-refractivity contribution in [1.29, 1.82) is 0 Å². The van der Waals surface area contributed by atoms with E-state index in [1.165, 1.54) is 17.4 Å². The number of anilines is 2. The van der Waals surface area contributed by atoms with Crippen molar-refractivity contribution in [2.45, 2.75) is 6.92 Å². The minimum absolute atomic E-state index is 0.0401. The quantitative estimate of drug-likeness (QED) is 0.626.